The van der Waals surface area contributed by atoms with Gasteiger partial charge in [0.05, 0.1) is 0 Å². The Morgan fingerprint density at radius 2 is 2.05 bits per heavy atom. The fraction of sp³-hybridized carbons (Fsp3) is 0.765. The van der Waals surface area contributed by atoms with Gasteiger partial charge in [0.2, 0.25) is 0 Å². The third-order valence-electron chi connectivity index (χ3n) is 5.62. The molecule has 2 atom stereocenters. The molecule has 1 aromatic heterocycles. The summed E-state index contributed by atoms with van der Waals surface area (Å²) in [6, 6.07) is 0.737. The van der Waals surface area contributed by atoms with E-state index in [4.69, 9.17) is 0 Å². The molecular formula is C17H26N4O. The summed E-state index contributed by atoms with van der Waals surface area (Å²) in [5.74, 6) is 1.73. The summed E-state index contributed by atoms with van der Waals surface area (Å²) in [7, 11) is 0. The standard InChI is InChI=1S/C17H26N4O/c22-17-16-13(6-3-8-18-17)19-15(20-16)11-12-5-4-10-21-9-2-1-7-14(12)21/h12,14H,1-11H2,(H,18,22)(H,19,20)/t12-,14+/m0/s1. The number of aromatic nitrogens is 2. The second-order valence-electron chi connectivity index (χ2n) is 7.08. The summed E-state index contributed by atoms with van der Waals surface area (Å²) in [6.45, 7) is 3.31. The Labute approximate surface area is 131 Å². The van der Waals surface area contributed by atoms with Crippen LogP contribution >= 0.6 is 0 Å². The fourth-order valence-electron chi connectivity index (χ4n) is 4.54. The summed E-state index contributed by atoms with van der Waals surface area (Å²) in [5, 5.41) is 2.93. The third kappa shape index (κ3) is 2.67. The molecule has 0 spiro atoms. The third-order valence-corrected chi connectivity index (χ3v) is 5.62. The van der Waals surface area contributed by atoms with Gasteiger partial charge in [-0.25, -0.2) is 4.98 Å². The van der Waals surface area contributed by atoms with Crippen molar-refractivity contribution in [2.24, 2.45) is 5.92 Å². The number of carbonyl (C=O) groups excluding carboxylic acids is 1. The van der Waals surface area contributed by atoms with E-state index < -0.39 is 0 Å². The van der Waals surface area contributed by atoms with Crippen molar-refractivity contribution in [3.63, 3.8) is 0 Å². The number of amides is 1. The summed E-state index contributed by atoms with van der Waals surface area (Å²) in [6.07, 6.45) is 9.61. The SMILES string of the molecule is O=C1NCCCc2[nH]c(C[C@@H]3CCCN4CCCC[C@H]34)nc21. The first kappa shape index (κ1) is 14.2. The van der Waals surface area contributed by atoms with Gasteiger partial charge in [0.25, 0.3) is 5.91 Å². The molecule has 0 aliphatic carbocycles. The molecule has 3 aliphatic rings. The average molecular weight is 302 g/mol. The lowest BCUT2D eigenvalue weighted by atomic mass is 9.81. The van der Waals surface area contributed by atoms with E-state index in [1.165, 1.54) is 45.2 Å². The fourth-order valence-corrected chi connectivity index (χ4v) is 4.54. The second-order valence-corrected chi connectivity index (χ2v) is 7.08. The van der Waals surface area contributed by atoms with Crippen molar-refractivity contribution in [2.75, 3.05) is 19.6 Å². The zero-order valence-electron chi connectivity index (χ0n) is 13.2. The Bertz CT molecular complexity index is 551. The molecule has 4 heterocycles. The van der Waals surface area contributed by atoms with Gasteiger partial charge in [0.1, 0.15) is 11.5 Å². The molecule has 3 aliphatic heterocycles. The summed E-state index contributed by atoms with van der Waals surface area (Å²) in [4.78, 5) is 22.8. The lowest BCUT2D eigenvalue weighted by Crippen LogP contribution is -2.48. The monoisotopic (exact) mass is 302 g/mol. The Kier molecular flexibility index (Phi) is 3.90. The number of aromatic amines is 1. The maximum absolute atomic E-state index is 12.0. The lowest BCUT2D eigenvalue weighted by molar-refractivity contribution is 0.0589. The van der Waals surface area contributed by atoms with Gasteiger partial charge in [0, 0.05) is 24.7 Å². The van der Waals surface area contributed by atoms with Crippen molar-refractivity contribution in [3.05, 3.63) is 17.2 Å². The molecule has 0 unspecified atom stereocenters. The van der Waals surface area contributed by atoms with Crippen molar-refractivity contribution in [2.45, 2.75) is 57.4 Å². The minimum atomic E-state index is -0.00191. The summed E-state index contributed by atoms with van der Waals surface area (Å²) in [5.41, 5.74) is 1.69. The van der Waals surface area contributed by atoms with Crippen LogP contribution in [0.1, 0.15) is 60.5 Å². The minimum absolute atomic E-state index is 0.00191. The van der Waals surface area contributed by atoms with Crippen LogP contribution in [-0.2, 0) is 12.8 Å². The van der Waals surface area contributed by atoms with Crippen LogP contribution in [0.2, 0.25) is 0 Å². The second kappa shape index (κ2) is 6.03. The first-order valence-corrected chi connectivity index (χ1v) is 8.91. The van der Waals surface area contributed by atoms with E-state index in [1.807, 2.05) is 0 Å². The van der Waals surface area contributed by atoms with Crippen molar-refractivity contribution >= 4 is 5.91 Å². The van der Waals surface area contributed by atoms with Crippen molar-refractivity contribution < 1.29 is 4.79 Å². The molecular weight excluding hydrogens is 276 g/mol. The normalized spacial score (nSPS) is 29.4. The van der Waals surface area contributed by atoms with Gasteiger partial charge >= 0.3 is 0 Å². The first-order chi connectivity index (χ1) is 10.8. The maximum atomic E-state index is 12.0. The van der Waals surface area contributed by atoms with E-state index in [1.54, 1.807) is 0 Å². The van der Waals surface area contributed by atoms with Gasteiger partial charge in [-0.05, 0) is 57.5 Å². The number of hydrogen-bond acceptors (Lipinski definition) is 3. The smallest absolute Gasteiger partial charge is 0.271 e. The van der Waals surface area contributed by atoms with Gasteiger partial charge in [0.15, 0.2) is 0 Å². The molecule has 5 heteroatoms. The van der Waals surface area contributed by atoms with E-state index in [2.05, 4.69) is 20.2 Å². The number of carbonyl (C=O) groups is 1. The van der Waals surface area contributed by atoms with Crippen LogP contribution in [0.25, 0.3) is 0 Å². The minimum Gasteiger partial charge on any atom is -0.351 e. The molecule has 5 nitrogen and oxygen atoms in total. The Balaban J connectivity index is 1.51. The Morgan fingerprint density at radius 1 is 1.14 bits per heavy atom. The molecule has 2 saturated heterocycles. The molecule has 0 aromatic carbocycles. The Hall–Kier alpha value is -1.36. The van der Waals surface area contributed by atoms with Gasteiger partial charge in [-0.3, -0.25) is 4.79 Å². The number of piperidine rings is 2. The Morgan fingerprint density at radius 3 is 3.00 bits per heavy atom. The van der Waals surface area contributed by atoms with E-state index >= 15 is 0 Å². The van der Waals surface area contributed by atoms with Gasteiger partial charge in [-0.1, -0.05) is 6.42 Å². The van der Waals surface area contributed by atoms with Crippen LogP contribution in [0.4, 0.5) is 0 Å². The highest BCUT2D eigenvalue weighted by molar-refractivity contribution is 5.93. The zero-order chi connectivity index (χ0) is 14.9. The van der Waals surface area contributed by atoms with E-state index in [-0.39, 0.29) is 5.91 Å². The van der Waals surface area contributed by atoms with Crippen molar-refractivity contribution in [1.29, 1.82) is 0 Å². The van der Waals surface area contributed by atoms with Crippen LogP contribution in [0.3, 0.4) is 0 Å². The summed E-state index contributed by atoms with van der Waals surface area (Å²) < 4.78 is 0. The first-order valence-electron chi connectivity index (χ1n) is 8.91. The van der Waals surface area contributed by atoms with Crippen molar-refractivity contribution in [3.8, 4) is 0 Å². The molecule has 0 saturated carbocycles. The van der Waals surface area contributed by atoms with Crippen LogP contribution in [-0.4, -0.2) is 46.5 Å². The van der Waals surface area contributed by atoms with Gasteiger partial charge < -0.3 is 15.2 Å². The number of fused-ring (bicyclic) bond motifs is 2. The maximum Gasteiger partial charge on any atom is 0.271 e. The number of imidazole rings is 1. The quantitative estimate of drug-likeness (QED) is 0.877. The van der Waals surface area contributed by atoms with E-state index in [0.29, 0.717) is 11.6 Å². The van der Waals surface area contributed by atoms with Crippen LogP contribution in [0.5, 0.6) is 0 Å². The van der Waals surface area contributed by atoms with Crippen LogP contribution < -0.4 is 5.32 Å². The highest BCUT2D eigenvalue weighted by Crippen LogP contribution is 2.32. The number of hydrogen-bond donors (Lipinski definition) is 2. The van der Waals surface area contributed by atoms with Crippen LogP contribution in [0.15, 0.2) is 0 Å². The number of nitrogens with one attached hydrogen (secondary N) is 2. The lowest BCUT2D eigenvalue weighted by Gasteiger charge is -2.44. The van der Waals surface area contributed by atoms with Gasteiger partial charge in [-0.2, -0.15) is 0 Å². The molecule has 2 fully saturated rings. The number of rotatable bonds is 2. The average Bonchev–Trinajstić information content (AvgIpc) is 2.87. The molecule has 120 valence electrons. The molecule has 2 N–H and O–H groups in total. The molecule has 0 bridgehead atoms. The molecule has 1 aromatic rings. The number of aryl methyl sites for hydroxylation is 1. The molecule has 1 amide bonds. The predicted octanol–water partition coefficient (Wildman–Crippen LogP) is 1.89. The summed E-state index contributed by atoms with van der Waals surface area (Å²) >= 11 is 0. The molecule has 22 heavy (non-hydrogen) atoms. The van der Waals surface area contributed by atoms with Gasteiger partial charge in [-0.15, -0.1) is 0 Å². The van der Waals surface area contributed by atoms with E-state index in [0.717, 1.165) is 43.4 Å². The highest BCUT2D eigenvalue weighted by atomic mass is 16.1. The van der Waals surface area contributed by atoms with E-state index in [9.17, 15) is 4.79 Å². The predicted molar refractivity (Wildman–Crippen MR) is 84.9 cm³/mol. The molecule has 0 radical (unpaired) electrons. The topological polar surface area (TPSA) is 61.0 Å². The largest absolute Gasteiger partial charge is 0.351 e. The molecule has 4 rings (SSSR count). The highest BCUT2D eigenvalue weighted by Gasteiger charge is 2.33. The van der Waals surface area contributed by atoms with Crippen molar-refractivity contribution in [1.82, 2.24) is 20.2 Å². The zero-order valence-corrected chi connectivity index (χ0v) is 13.2. The number of nitrogens with zero attached hydrogens (tertiary/aromatic N) is 2. The number of H-pyrrole nitrogens is 1. The van der Waals surface area contributed by atoms with Crippen LogP contribution in [0, 0.1) is 5.92 Å².